The third-order valence-electron chi connectivity index (χ3n) is 4.35. The van der Waals surface area contributed by atoms with Crippen molar-refractivity contribution in [2.75, 3.05) is 19.8 Å². The van der Waals surface area contributed by atoms with Crippen LogP contribution in [0.2, 0.25) is 5.02 Å². The fraction of sp³-hybridized carbons (Fsp3) is 0.0952. The number of carbonyl (C=O) groups excluding carboxylic acids is 1. The van der Waals surface area contributed by atoms with Gasteiger partial charge in [-0.3, -0.25) is 4.79 Å². The maximum absolute atomic E-state index is 12.1. The molecule has 2 N–H and O–H groups in total. The summed E-state index contributed by atoms with van der Waals surface area (Å²) in [7, 11) is 3.35. The first kappa shape index (κ1) is 19.5. The predicted octanol–water partition coefficient (Wildman–Crippen LogP) is 4.29. The van der Waals surface area contributed by atoms with Crippen LogP contribution in [0, 0.1) is 0 Å². The number of rotatable bonds is 4. The van der Waals surface area contributed by atoms with Crippen molar-refractivity contribution < 1.29 is 12.1 Å². The first-order chi connectivity index (χ1) is 14.4. The largest absolute Gasteiger partial charge is 0.414 e. The standard InChI is InChI=1S/C21H17ClN6O2.2H2/c1-28(2)21(29)13-8-9-14(15(22)10-13)16-11-24-18(23)17(25-16)20-27-26-19(30-20)12-6-4-3-5-7-12;;/h3-11H,1-2H3,(H2,23,24);2*1H. The van der Waals surface area contributed by atoms with Gasteiger partial charge in [0.15, 0.2) is 11.5 Å². The van der Waals surface area contributed by atoms with E-state index < -0.39 is 0 Å². The van der Waals surface area contributed by atoms with Crippen molar-refractivity contribution in [1.82, 2.24) is 25.1 Å². The molecule has 2 heterocycles. The SMILES string of the molecule is CN(C)C(=O)c1ccc(-c2cnc(N)c(-c3nnc(-c4ccccc4)o3)n2)c(Cl)c1.[HH].[HH]. The van der Waals surface area contributed by atoms with Crippen molar-refractivity contribution in [2.24, 2.45) is 0 Å². The van der Waals surface area contributed by atoms with Crippen molar-refractivity contribution >= 4 is 23.3 Å². The lowest BCUT2D eigenvalue weighted by atomic mass is 10.1. The fourth-order valence-corrected chi connectivity index (χ4v) is 3.09. The number of aromatic nitrogens is 4. The lowest BCUT2D eigenvalue weighted by Crippen LogP contribution is -2.21. The average molecular weight is 425 g/mol. The summed E-state index contributed by atoms with van der Waals surface area (Å²) in [6.45, 7) is 0. The van der Waals surface area contributed by atoms with Gasteiger partial charge in [-0.2, -0.15) is 0 Å². The molecule has 0 fully saturated rings. The molecule has 4 aromatic rings. The molecule has 0 aliphatic heterocycles. The van der Waals surface area contributed by atoms with Gasteiger partial charge in [-0.15, -0.1) is 10.2 Å². The van der Waals surface area contributed by atoms with Crippen LogP contribution < -0.4 is 5.73 Å². The molecule has 0 unspecified atom stereocenters. The maximum atomic E-state index is 12.1. The number of nitrogens with two attached hydrogens (primary N) is 1. The number of halogens is 1. The molecule has 8 nitrogen and oxygen atoms in total. The molecular weight excluding hydrogens is 404 g/mol. The zero-order chi connectivity index (χ0) is 21.3. The summed E-state index contributed by atoms with van der Waals surface area (Å²) in [5.74, 6) is 0.502. The lowest BCUT2D eigenvalue weighted by molar-refractivity contribution is 0.0827. The summed E-state index contributed by atoms with van der Waals surface area (Å²) >= 11 is 6.41. The number of hydrogen-bond acceptors (Lipinski definition) is 7. The third kappa shape index (κ3) is 3.72. The van der Waals surface area contributed by atoms with Crippen LogP contribution in [0.5, 0.6) is 0 Å². The van der Waals surface area contributed by atoms with Gasteiger partial charge in [0.1, 0.15) is 0 Å². The van der Waals surface area contributed by atoms with E-state index in [9.17, 15) is 4.79 Å². The van der Waals surface area contributed by atoms with Gasteiger partial charge in [-0.1, -0.05) is 35.9 Å². The van der Waals surface area contributed by atoms with Crippen molar-refractivity contribution in [1.29, 1.82) is 0 Å². The Labute approximate surface area is 180 Å². The highest BCUT2D eigenvalue weighted by atomic mass is 35.5. The van der Waals surface area contributed by atoms with Gasteiger partial charge in [0.25, 0.3) is 11.8 Å². The number of anilines is 1. The number of benzene rings is 2. The Bertz CT molecular complexity index is 1230. The highest BCUT2D eigenvalue weighted by Crippen LogP contribution is 2.31. The topological polar surface area (TPSA) is 111 Å². The van der Waals surface area contributed by atoms with Crippen LogP contribution in [0.25, 0.3) is 34.3 Å². The van der Waals surface area contributed by atoms with Crippen LogP contribution >= 0.6 is 11.6 Å². The minimum absolute atomic E-state index is 0. The van der Waals surface area contributed by atoms with Gasteiger partial charge >= 0.3 is 0 Å². The fourth-order valence-electron chi connectivity index (χ4n) is 2.82. The summed E-state index contributed by atoms with van der Waals surface area (Å²) < 4.78 is 5.75. The average Bonchev–Trinajstić information content (AvgIpc) is 3.24. The van der Waals surface area contributed by atoms with E-state index in [1.807, 2.05) is 30.3 Å². The quantitative estimate of drug-likeness (QED) is 0.520. The van der Waals surface area contributed by atoms with Crippen LogP contribution in [0.1, 0.15) is 13.2 Å². The third-order valence-corrected chi connectivity index (χ3v) is 4.66. The molecule has 0 aliphatic carbocycles. The number of hydrogen-bond donors (Lipinski definition) is 1. The number of carbonyl (C=O) groups is 1. The molecule has 0 saturated carbocycles. The summed E-state index contributed by atoms with van der Waals surface area (Å²) in [6.07, 6.45) is 1.50. The van der Waals surface area contributed by atoms with E-state index in [0.717, 1.165) is 5.56 Å². The molecule has 154 valence electrons. The first-order valence-electron chi connectivity index (χ1n) is 8.97. The van der Waals surface area contributed by atoms with E-state index in [2.05, 4.69) is 20.2 Å². The van der Waals surface area contributed by atoms with Crippen LogP contribution in [0.15, 0.2) is 59.1 Å². The second-order valence-corrected chi connectivity index (χ2v) is 7.07. The Balaban J connectivity index is 0.00000181. The Hall–Kier alpha value is -3.78. The Morgan fingerprint density at radius 2 is 1.83 bits per heavy atom. The minimum atomic E-state index is -0.146. The molecule has 4 rings (SSSR count). The molecule has 2 aromatic heterocycles. The first-order valence-corrected chi connectivity index (χ1v) is 9.35. The van der Waals surface area contributed by atoms with E-state index >= 15 is 0 Å². The zero-order valence-electron chi connectivity index (χ0n) is 16.2. The Morgan fingerprint density at radius 3 is 2.53 bits per heavy atom. The maximum Gasteiger partial charge on any atom is 0.270 e. The second kappa shape index (κ2) is 7.92. The van der Waals surface area contributed by atoms with Crippen molar-refractivity contribution in [3.8, 4) is 34.3 Å². The van der Waals surface area contributed by atoms with Gasteiger partial charge in [-0.25, -0.2) is 9.97 Å². The van der Waals surface area contributed by atoms with Crippen LogP contribution in [0.4, 0.5) is 5.82 Å². The van der Waals surface area contributed by atoms with E-state index in [1.165, 1.54) is 11.1 Å². The van der Waals surface area contributed by atoms with Crippen molar-refractivity contribution in [2.45, 2.75) is 0 Å². The van der Waals surface area contributed by atoms with Gasteiger partial charge in [0, 0.05) is 33.6 Å². The summed E-state index contributed by atoms with van der Waals surface area (Å²) in [4.78, 5) is 22.3. The van der Waals surface area contributed by atoms with Gasteiger partial charge in [0.2, 0.25) is 5.89 Å². The molecule has 1 amide bonds. The predicted molar refractivity (Wildman–Crippen MR) is 118 cm³/mol. The molecule has 9 heteroatoms. The van der Waals surface area contributed by atoms with Crippen LogP contribution in [0.3, 0.4) is 0 Å². The number of nitrogens with zero attached hydrogens (tertiary/aromatic N) is 5. The highest BCUT2D eigenvalue weighted by molar-refractivity contribution is 6.33. The Morgan fingerprint density at radius 1 is 1.10 bits per heavy atom. The molecule has 0 bridgehead atoms. The van der Waals surface area contributed by atoms with Crippen LogP contribution in [-0.4, -0.2) is 45.1 Å². The minimum Gasteiger partial charge on any atom is -0.414 e. The van der Waals surface area contributed by atoms with E-state index in [1.54, 1.807) is 32.3 Å². The smallest absolute Gasteiger partial charge is 0.270 e. The van der Waals surface area contributed by atoms with Gasteiger partial charge in [0.05, 0.1) is 16.9 Å². The zero-order valence-corrected chi connectivity index (χ0v) is 17.0. The lowest BCUT2D eigenvalue weighted by Gasteiger charge is -2.12. The summed E-state index contributed by atoms with van der Waals surface area (Å²) in [5.41, 5.74) is 8.57. The molecule has 30 heavy (non-hydrogen) atoms. The number of amides is 1. The molecule has 0 aliphatic rings. The van der Waals surface area contributed by atoms with Crippen LogP contribution in [-0.2, 0) is 0 Å². The number of nitrogen functional groups attached to an aromatic ring is 1. The highest BCUT2D eigenvalue weighted by Gasteiger charge is 2.18. The van der Waals surface area contributed by atoms with E-state index in [0.29, 0.717) is 27.7 Å². The Kier molecular flexibility index (Phi) is 5.16. The molecule has 0 saturated heterocycles. The molecule has 0 atom stereocenters. The van der Waals surface area contributed by atoms with Gasteiger partial charge < -0.3 is 15.1 Å². The summed E-state index contributed by atoms with van der Waals surface area (Å²) in [5, 5.41) is 8.48. The second-order valence-electron chi connectivity index (χ2n) is 6.66. The van der Waals surface area contributed by atoms with Gasteiger partial charge in [-0.05, 0) is 24.3 Å². The summed E-state index contributed by atoms with van der Waals surface area (Å²) in [6, 6.07) is 14.4. The van der Waals surface area contributed by atoms with Crippen molar-refractivity contribution in [3.63, 3.8) is 0 Å². The molecular formula is C21H21ClN6O2. The molecule has 2 aromatic carbocycles. The monoisotopic (exact) mass is 424 g/mol. The van der Waals surface area contributed by atoms with Crippen molar-refractivity contribution in [3.05, 3.63) is 65.3 Å². The normalized spacial score (nSPS) is 10.8. The molecule has 0 radical (unpaired) electrons. The molecule has 0 spiro atoms. The van der Waals surface area contributed by atoms with E-state index in [4.69, 9.17) is 21.8 Å². The van der Waals surface area contributed by atoms with E-state index in [-0.39, 0.29) is 26.2 Å².